The van der Waals surface area contributed by atoms with Crippen molar-refractivity contribution >= 4 is 29.0 Å². The van der Waals surface area contributed by atoms with E-state index in [1.165, 1.54) is 4.88 Å². The van der Waals surface area contributed by atoms with Crippen molar-refractivity contribution in [1.29, 1.82) is 0 Å². The number of fused-ring (bicyclic) bond motifs is 1. The first-order chi connectivity index (χ1) is 10.1. The molecule has 1 aliphatic heterocycles. The minimum atomic E-state index is -0.333. The monoisotopic (exact) mass is 299 g/mol. The van der Waals surface area contributed by atoms with Crippen LogP contribution < -0.4 is 10.6 Å². The zero-order valence-electron chi connectivity index (χ0n) is 11.9. The van der Waals surface area contributed by atoms with Crippen LogP contribution in [0, 0.1) is 6.92 Å². The summed E-state index contributed by atoms with van der Waals surface area (Å²) in [5, 5.41) is 0. The molecular weight excluding hydrogens is 282 g/mol. The van der Waals surface area contributed by atoms with Crippen molar-refractivity contribution in [2.24, 2.45) is 5.73 Å². The maximum atomic E-state index is 11.5. The number of aromatic nitrogens is 1. The fourth-order valence-electron chi connectivity index (χ4n) is 2.54. The highest BCUT2D eigenvalue weighted by Gasteiger charge is 2.19. The summed E-state index contributed by atoms with van der Waals surface area (Å²) in [4.78, 5) is 19.4. The van der Waals surface area contributed by atoms with E-state index in [1.807, 2.05) is 36.7 Å². The molecule has 0 bridgehead atoms. The molecule has 21 heavy (non-hydrogen) atoms. The fraction of sp³-hybridized carbons (Fsp3) is 0.250. The number of primary amides is 1. The lowest BCUT2D eigenvalue weighted by Gasteiger charge is -2.24. The van der Waals surface area contributed by atoms with Crippen LogP contribution in [0.25, 0.3) is 6.08 Å². The molecule has 2 heterocycles. The highest BCUT2D eigenvalue weighted by Crippen LogP contribution is 2.30. The summed E-state index contributed by atoms with van der Waals surface area (Å²) in [5.41, 5.74) is 11.3. The molecule has 1 aromatic heterocycles. The van der Waals surface area contributed by atoms with Crippen LogP contribution in [0.1, 0.15) is 22.6 Å². The van der Waals surface area contributed by atoms with Gasteiger partial charge in [-0.3, -0.25) is 4.79 Å². The summed E-state index contributed by atoms with van der Waals surface area (Å²) in [7, 11) is 0. The molecule has 0 fully saturated rings. The van der Waals surface area contributed by atoms with Crippen molar-refractivity contribution in [1.82, 2.24) is 4.98 Å². The second kappa shape index (κ2) is 5.69. The lowest BCUT2D eigenvalue weighted by molar-refractivity contribution is -0.114. The van der Waals surface area contributed by atoms with Gasteiger partial charge in [-0.15, -0.1) is 11.3 Å². The van der Waals surface area contributed by atoms with Crippen LogP contribution in [0.15, 0.2) is 35.3 Å². The number of carbonyl (C=O) groups is 1. The Morgan fingerprint density at radius 1 is 1.43 bits per heavy atom. The first-order valence-electron chi connectivity index (χ1n) is 6.88. The normalized spacial score (nSPS) is 14.3. The summed E-state index contributed by atoms with van der Waals surface area (Å²) in [6.07, 6.45) is 2.58. The second-order valence-electron chi connectivity index (χ2n) is 5.13. The molecule has 3 rings (SSSR count). The van der Waals surface area contributed by atoms with Crippen LogP contribution in [0.3, 0.4) is 0 Å². The largest absolute Gasteiger partial charge is 0.366 e. The first-order valence-corrected chi connectivity index (χ1v) is 7.76. The standard InChI is InChI=1S/C16H17N3OS/c1-11-15(21-10-18-11)9-19-7-6-13(16(17)20)8-12-4-2-3-5-14(12)19/h2-5,8,10H,6-7,9H2,1H3,(H2,17,20). The van der Waals surface area contributed by atoms with E-state index in [4.69, 9.17) is 5.73 Å². The highest BCUT2D eigenvalue weighted by atomic mass is 32.1. The molecule has 0 aliphatic carbocycles. The van der Waals surface area contributed by atoms with Gasteiger partial charge in [0, 0.05) is 22.7 Å². The molecule has 1 aromatic carbocycles. The Kier molecular flexibility index (Phi) is 3.75. The molecule has 0 saturated carbocycles. The Labute approximate surface area is 127 Å². The maximum Gasteiger partial charge on any atom is 0.244 e. The van der Waals surface area contributed by atoms with Crippen LogP contribution in [0.2, 0.25) is 0 Å². The minimum absolute atomic E-state index is 0.333. The van der Waals surface area contributed by atoms with Gasteiger partial charge in [-0.1, -0.05) is 18.2 Å². The smallest absolute Gasteiger partial charge is 0.244 e. The molecule has 0 radical (unpaired) electrons. The highest BCUT2D eigenvalue weighted by molar-refractivity contribution is 7.09. The first kappa shape index (κ1) is 13.8. The molecule has 5 heteroatoms. The molecule has 2 aromatic rings. The van der Waals surface area contributed by atoms with E-state index < -0.39 is 0 Å². The van der Waals surface area contributed by atoms with E-state index in [0.717, 1.165) is 30.0 Å². The second-order valence-corrected chi connectivity index (χ2v) is 6.06. The van der Waals surface area contributed by atoms with Gasteiger partial charge in [0.2, 0.25) is 5.91 Å². The lowest BCUT2D eigenvalue weighted by Crippen LogP contribution is -2.25. The van der Waals surface area contributed by atoms with Crippen molar-refractivity contribution < 1.29 is 4.79 Å². The van der Waals surface area contributed by atoms with Crippen LogP contribution in [0.5, 0.6) is 0 Å². The Morgan fingerprint density at radius 2 is 2.24 bits per heavy atom. The predicted octanol–water partition coefficient (Wildman–Crippen LogP) is 2.73. The minimum Gasteiger partial charge on any atom is -0.366 e. The zero-order valence-corrected chi connectivity index (χ0v) is 12.7. The number of thiazole rings is 1. The van der Waals surface area contributed by atoms with Crippen molar-refractivity contribution in [2.45, 2.75) is 19.9 Å². The number of carbonyl (C=O) groups excluding carboxylic acids is 1. The van der Waals surface area contributed by atoms with Gasteiger partial charge in [-0.05, 0) is 31.1 Å². The predicted molar refractivity (Wildman–Crippen MR) is 86.1 cm³/mol. The third kappa shape index (κ3) is 2.83. The maximum absolute atomic E-state index is 11.5. The lowest BCUT2D eigenvalue weighted by atomic mass is 10.1. The van der Waals surface area contributed by atoms with E-state index in [-0.39, 0.29) is 5.91 Å². The Balaban J connectivity index is 1.95. The Bertz CT molecular complexity index is 705. The quantitative estimate of drug-likeness (QED) is 0.948. The van der Waals surface area contributed by atoms with Crippen molar-refractivity contribution in [2.75, 3.05) is 11.4 Å². The molecule has 0 unspecified atom stereocenters. The van der Waals surface area contributed by atoms with Crippen molar-refractivity contribution in [3.8, 4) is 0 Å². The summed E-state index contributed by atoms with van der Waals surface area (Å²) in [5.74, 6) is -0.333. The van der Waals surface area contributed by atoms with E-state index in [2.05, 4.69) is 16.0 Å². The number of nitrogens with zero attached hydrogens (tertiary/aromatic N) is 2. The number of aryl methyl sites for hydroxylation is 1. The average molecular weight is 299 g/mol. The Hall–Kier alpha value is -2.14. The Morgan fingerprint density at radius 3 is 2.95 bits per heavy atom. The van der Waals surface area contributed by atoms with Gasteiger partial charge in [0.1, 0.15) is 0 Å². The van der Waals surface area contributed by atoms with Crippen LogP contribution in [-0.4, -0.2) is 17.4 Å². The van der Waals surface area contributed by atoms with E-state index in [9.17, 15) is 4.79 Å². The number of rotatable bonds is 3. The SMILES string of the molecule is Cc1ncsc1CN1CCC(C(N)=O)=Cc2ccccc21. The van der Waals surface area contributed by atoms with Crippen LogP contribution >= 0.6 is 11.3 Å². The van der Waals surface area contributed by atoms with E-state index in [1.54, 1.807) is 11.3 Å². The number of hydrogen-bond donors (Lipinski definition) is 1. The van der Waals surface area contributed by atoms with E-state index >= 15 is 0 Å². The molecule has 2 N–H and O–H groups in total. The molecule has 0 spiro atoms. The fourth-order valence-corrected chi connectivity index (χ4v) is 3.33. The number of nitrogens with two attached hydrogens (primary N) is 1. The molecule has 1 amide bonds. The zero-order chi connectivity index (χ0) is 14.8. The summed E-state index contributed by atoms with van der Waals surface area (Å²) < 4.78 is 0. The van der Waals surface area contributed by atoms with Gasteiger partial charge in [-0.2, -0.15) is 0 Å². The molecule has 0 atom stereocenters. The summed E-state index contributed by atoms with van der Waals surface area (Å²) in [6, 6.07) is 8.12. The average Bonchev–Trinajstić information content (AvgIpc) is 2.77. The van der Waals surface area contributed by atoms with Crippen molar-refractivity contribution in [3.05, 3.63) is 51.5 Å². The number of para-hydroxylation sites is 1. The van der Waals surface area contributed by atoms with Gasteiger partial charge < -0.3 is 10.6 Å². The third-order valence-corrected chi connectivity index (χ3v) is 4.67. The summed E-state index contributed by atoms with van der Waals surface area (Å²) >= 11 is 1.67. The summed E-state index contributed by atoms with van der Waals surface area (Å²) in [6.45, 7) is 3.62. The van der Waals surface area contributed by atoms with Crippen LogP contribution in [-0.2, 0) is 11.3 Å². The van der Waals surface area contributed by atoms with Gasteiger partial charge in [0.25, 0.3) is 0 Å². The van der Waals surface area contributed by atoms with Crippen molar-refractivity contribution in [3.63, 3.8) is 0 Å². The third-order valence-electron chi connectivity index (χ3n) is 3.75. The number of hydrogen-bond acceptors (Lipinski definition) is 4. The van der Waals surface area contributed by atoms with Gasteiger partial charge >= 0.3 is 0 Å². The molecule has 1 aliphatic rings. The molecular formula is C16H17N3OS. The molecule has 0 saturated heterocycles. The number of anilines is 1. The van der Waals surface area contributed by atoms with Crippen LogP contribution in [0.4, 0.5) is 5.69 Å². The van der Waals surface area contributed by atoms with E-state index in [0.29, 0.717) is 12.0 Å². The molecule has 108 valence electrons. The number of amides is 1. The molecule has 4 nitrogen and oxygen atoms in total. The van der Waals surface area contributed by atoms with Gasteiger partial charge in [0.15, 0.2) is 0 Å². The van der Waals surface area contributed by atoms with Gasteiger partial charge in [0.05, 0.1) is 17.7 Å². The number of benzene rings is 1. The topological polar surface area (TPSA) is 59.2 Å². The van der Waals surface area contributed by atoms with Gasteiger partial charge in [-0.25, -0.2) is 4.98 Å².